The normalized spacial score (nSPS) is 17.4. The molecular weight excluding hydrogens is 284 g/mol. The number of hydrogen-bond donors (Lipinski definition) is 2. The molecule has 0 spiro atoms. The first-order valence-corrected chi connectivity index (χ1v) is 7.15. The van der Waals surface area contributed by atoms with Gasteiger partial charge in [0.1, 0.15) is 11.5 Å². The minimum atomic E-state index is -0.384. The summed E-state index contributed by atoms with van der Waals surface area (Å²) < 4.78 is 10.4. The summed E-state index contributed by atoms with van der Waals surface area (Å²) in [6.07, 6.45) is 0.458. The van der Waals surface area contributed by atoms with Crippen LogP contribution in [0.2, 0.25) is 0 Å². The predicted octanol–water partition coefficient (Wildman–Crippen LogP) is 1.03. The number of hydrazone groups is 1. The molecule has 1 aliphatic rings. The maximum absolute atomic E-state index is 11.8. The van der Waals surface area contributed by atoms with Gasteiger partial charge in [-0.1, -0.05) is 0 Å². The van der Waals surface area contributed by atoms with Crippen molar-refractivity contribution in [3.63, 3.8) is 0 Å². The number of hydrogen-bond acceptors (Lipinski definition) is 7. The largest absolute Gasteiger partial charge is 0.496 e. The summed E-state index contributed by atoms with van der Waals surface area (Å²) in [7, 11) is 3.40. The molecule has 7 nitrogen and oxygen atoms in total. The summed E-state index contributed by atoms with van der Waals surface area (Å²) in [6.45, 7) is 2.44. The average molecular weight is 306 g/mol. The monoisotopic (exact) mass is 306 g/mol. The molecule has 0 bridgehead atoms. The summed E-state index contributed by atoms with van der Waals surface area (Å²) in [4.78, 5) is 11.8. The van der Waals surface area contributed by atoms with E-state index in [1.807, 2.05) is 13.1 Å². The van der Waals surface area contributed by atoms with Gasteiger partial charge in [0.05, 0.1) is 19.8 Å². The van der Waals surface area contributed by atoms with E-state index in [1.165, 1.54) is 0 Å². The molecule has 0 fully saturated rings. The van der Waals surface area contributed by atoms with Crippen molar-refractivity contribution >= 4 is 17.4 Å². The van der Waals surface area contributed by atoms with Crippen LogP contribution in [0.15, 0.2) is 17.2 Å². The first-order valence-electron chi connectivity index (χ1n) is 7.15. The highest BCUT2D eigenvalue weighted by molar-refractivity contribution is 6.36. The Labute approximate surface area is 129 Å². The van der Waals surface area contributed by atoms with Gasteiger partial charge in [-0.3, -0.25) is 5.01 Å². The van der Waals surface area contributed by atoms with E-state index in [0.29, 0.717) is 36.7 Å². The smallest absolute Gasteiger partial charge is 0.354 e. The number of nitrogens with zero attached hydrogens (tertiary/aromatic N) is 2. The van der Waals surface area contributed by atoms with Gasteiger partial charge in [-0.15, -0.1) is 0 Å². The molecule has 0 saturated heterocycles. The first kappa shape index (κ1) is 16.1. The van der Waals surface area contributed by atoms with Gasteiger partial charge in [0.15, 0.2) is 0 Å². The van der Waals surface area contributed by atoms with Gasteiger partial charge >= 0.3 is 5.97 Å². The van der Waals surface area contributed by atoms with Crippen LogP contribution in [-0.2, 0) is 16.1 Å². The Morgan fingerprint density at radius 1 is 1.50 bits per heavy atom. The van der Waals surface area contributed by atoms with Gasteiger partial charge < -0.3 is 20.9 Å². The van der Waals surface area contributed by atoms with Gasteiger partial charge in [-0.2, -0.15) is 5.10 Å². The molecule has 1 aromatic rings. The van der Waals surface area contributed by atoms with Crippen molar-refractivity contribution in [2.24, 2.45) is 10.8 Å². The molecule has 2 rings (SSSR count). The number of rotatable bonds is 5. The number of ether oxygens (including phenoxy) is 2. The molecule has 22 heavy (non-hydrogen) atoms. The van der Waals surface area contributed by atoms with Crippen molar-refractivity contribution in [3.05, 3.63) is 23.3 Å². The molecule has 4 N–H and O–H groups in total. The molecule has 1 heterocycles. The van der Waals surface area contributed by atoms with Crippen LogP contribution in [-0.4, -0.2) is 37.5 Å². The predicted molar refractivity (Wildman–Crippen MR) is 84.5 cm³/mol. The molecule has 0 radical (unpaired) electrons. The molecule has 120 valence electrons. The second-order valence-corrected chi connectivity index (χ2v) is 5.06. The minimum absolute atomic E-state index is 0.111. The number of carbonyl (C=O) groups is 1. The number of esters is 1. The Hall–Kier alpha value is -2.28. The summed E-state index contributed by atoms with van der Waals surface area (Å²) in [6, 6.07) is 3.56. The number of anilines is 1. The van der Waals surface area contributed by atoms with Crippen molar-refractivity contribution in [3.8, 4) is 5.75 Å². The van der Waals surface area contributed by atoms with E-state index in [4.69, 9.17) is 20.9 Å². The standard InChI is InChI=1S/C15H22N4O3/c1-4-22-15(20)12-7-13(19(2)18-12)10-5-9(8-16)11(17)6-14(10)21-3/h5-6,13H,4,7-8,16-17H2,1-3H3. The number of nitrogens with two attached hydrogens (primary N) is 2. The Bertz CT molecular complexity index is 601. The van der Waals surface area contributed by atoms with Crippen molar-refractivity contribution in [2.75, 3.05) is 26.5 Å². The topological polar surface area (TPSA) is 103 Å². The molecule has 1 atom stereocenters. The zero-order chi connectivity index (χ0) is 16.3. The molecule has 0 amide bonds. The lowest BCUT2D eigenvalue weighted by atomic mass is 9.97. The average Bonchev–Trinajstić information content (AvgIpc) is 2.89. The lowest BCUT2D eigenvalue weighted by Crippen LogP contribution is -2.18. The third-order valence-electron chi connectivity index (χ3n) is 3.70. The summed E-state index contributed by atoms with van der Waals surface area (Å²) >= 11 is 0. The first-order chi connectivity index (χ1) is 10.5. The maximum Gasteiger partial charge on any atom is 0.354 e. The maximum atomic E-state index is 11.8. The van der Waals surface area contributed by atoms with E-state index in [1.54, 1.807) is 25.1 Å². The molecule has 1 aliphatic heterocycles. The van der Waals surface area contributed by atoms with Crippen LogP contribution in [0.1, 0.15) is 30.5 Å². The van der Waals surface area contributed by atoms with E-state index in [2.05, 4.69) is 5.10 Å². The lowest BCUT2D eigenvalue weighted by Gasteiger charge is -2.22. The SMILES string of the molecule is CCOC(=O)C1=NN(C)C(c2cc(CN)c(N)cc2OC)C1. The van der Waals surface area contributed by atoms with E-state index in [0.717, 1.165) is 11.1 Å². The van der Waals surface area contributed by atoms with Crippen LogP contribution in [0.4, 0.5) is 5.69 Å². The molecule has 7 heteroatoms. The molecule has 1 aromatic carbocycles. The van der Waals surface area contributed by atoms with E-state index < -0.39 is 0 Å². The third-order valence-corrected chi connectivity index (χ3v) is 3.70. The molecule has 1 unspecified atom stereocenters. The van der Waals surface area contributed by atoms with Gasteiger partial charge in [-0.25, -0.2) is 4.79 Å². The van der Waals surface area contributed by atoms with Crippen LogP contribution >= 0.6 is 0 Å². The summed E-state index contributed by atoms with van der Waals surface area (Å²) in [5.41, 5.74) is 14.4. The van der Waals surface area contributed by atoms with Crippen LogP contribution in [0.25, 0.3) is 0 Å². The quantitative estimate of drug-likeness (QED) is 0.622. The summed E-state index contributed by atoms with van der Waals surface area (Å²) in [5.74, 6) is 0.275. The molecule has 0 saturated carbocycles. The lowest BCUT2D eigenvalue weighted by molar-refractivity contribution is -0.135. The molecule has 0 aliphatic carbocycles. The minimum Gasteiger partial charge on any atom is -0.496 e. The highest BCUT2D eigenvalue weighted by Crippen LogP contribution is 2.37. The molecule has 0 aromatic heterocycles. The number of nitrogen functional groups attached to an aromatic ring is 1. The van der Waals surface area contributed by atoms with E-state index >= 15 is 0 Å². The Balaban J connectivity index is 2.31. The van der Waals surface area contributed by atoms with Crippen LogP contribution in [0.5, 0.6) is 5.75 Å². The van der Waals surface area contributed by atoms with Gasteiger partial charge in [0.25, 0.3) is 0 Å². The van der Waals surface area contributed by atoms with E-state index in [-0.39, 0.29) is 12.0 Å². The Morgan fingerprint density at radius 3 is 2.82 bits per heavy atom. The fourth-order valence-corrected chi connectivity index (χ4v) is 2.54. The van der Waals surface area contributed by atoms with Gasteiger partial charge in [0, 0.05) is 37.3 Å². The van der Waals surface area contributed by atoms with Crippen LogP contribution in [0.3, 0.4) is 0 Å². The fourth-order valence-electron chi connectivity index (χ4n) is 2.54. The van der Waals surface area contributed by atoms with Crippen molar-refractivity contribution in [2.45, 2.75) is 25.9 Å². The van der Waals surface area contributed by atoms with E-state index in [9.17, 15) is 4.79 Å². The highest BCUT2D eigenvalue weighted by Gasteiger charge is 2.32. The van der Waals surface area contributed by atoms with Crippen molar-refractivity contribution in [1.82, 2.24) is 5.01 Å². The second kappa shape index (κ2) is 6.65. The van der Waals surface area contributed by atoms with Crippen molar-refractivity contribution < 1.29 is 14.3 Å². The van der Waals surface area contributed by atoms with Gasteiger partial charge in [0.2, 0.25) is 0 Å². The molecular formula is C15H22N4O3. The number of carbonyl (C=O) groups excluding carboxylic acids is 1. The third kappa shape index (κ3) is 2.99. The number of benzene rings is 1. The van der Waals surface area contributed by atoms with Crippen LogP contribution in [0, 0.1) is 0 Å². The fraction of sp³-hybridized carbons (Fsp3) is 0.467. The van der Waals surface area contributed by atoms with Gasteiger partial charge in [-0.05, 0) is 18.6 Å². The number of methoxy groups -OCH3 is 1. The van der Waals surface area contributed by atoms with Crippen LogP contribution < -0.4 is 16.2 Å². The highest BCUT2D eigenvalue weighted by atomic mass is 16.5. The Kier molecular flexibility index (Phi) is 4.87. The second-order valence-electron chi connectivity index (χ2n) is 5.06. The zero-order valence-corrected chi connectivity index (χ0v) is 13.1. The van der Waals surface area contributed by atoms with Crippen molar-refractivity contribution in [1.29, 1.82) is 0 Å². The zero-order valence-electron chi connectivity index (χ0n) is 13.1. The summed E-state index contributed by atoms with van der Waals surface area (Å²) in [5, 5.41) is 6.01. The Morgan fingerprint density at radius 2 is 2.23 bits per heavy atom.